The minimum absolute atomic E-state index is 0.220. The van der Waals surface area contributed by atoms with Crippen molar-refractivity contribution in [2.45, 2.75) is 13.5 Å². The van der Waals surface area contributed by atoms with Gasteiger partial charge in [-0.1, -0.05) is 12.1 Å². The summed E-state index contributed by atoms with van der Waals surface area (Å²) in [5.74, 6) is -0.871. The number of hydrazine groups is 1. The molecule has 18 heavy (non-hydrogen) atoms. The average molecular weight is 254 g/mol. The predicted octanol–water partition coefficient (Wildman–Crippen LogP) is -0.992. The van der Waals surface area contributed by atoms with Gasteiger partial charge in [0.15, 0.2) is 6.54 Å². The lowest BCUT2D eigenvalue weighted by molar-refractivity contribution is -0.885. The molecule has 0 saturated carbocycles. The summed E-state index contributed by atoms with van der Waals surface area (Å²) in [7, 11) is 1.84. The fraction of sp³-hybridized carbons (Fsp3) is 0.333. The van der Waals surface area contributed by atoms with Gasteiger partial charge in [-0.3, -0.25) is 20.4 Å². The van der Waals surface area contributed by atoms with Gasteiger partial charge < -0.3 is 4.90 Å². The first-order valence-electron chi connectivity index (χ1n) is 5.58. The fourth-order valence-electron chi connectivity index (χ4n) is 1.49. The molecule has 0 bridgehead atoms. The molecule has 0 aliphatic heterocycles. The smallest absolute Gasteiger partial charge is 0.293 e. The van der Waals surface area contributed by atoms with Gasteiger partial charge in [0.05, 0.1) is 7.05 Å². The summed E-state index contributed by atoms with van der Waals surface area (Å²) in [6.45, 7) is 2.14. The molecule has 0 aromatic heterocycles. The highest BCUT2D eigenvalue weighted by molar-refractivity contribution is 5.81. The van der Waals surface area contributed by atoms with E-state index in [0.717, 1.165) is 10.5 Å². The number of benzene rings is 1. The molecule has 1 aromatic carbocycles. The minimum atomic E-state index is -0.320. The van der Waals surface area contributed by atoms with Crippen molar-refractivity contribution in [2.24, 2.45) is 0 Å². The van der Waals surface area contributed by atoms with Crippen LogP contribution in [0.4, 0.5) is 4.39 Å². The van der Waals surface area contributed by atoms with E-state index >= 15 is 0 Å². The Kier molecular flexibility index (Phi) is 5.26. The monoisotopic (exact) mass is 254 g/mol. The summed E-state index contributed by atoms with van der Waals surface area (Å²) in [5.41, 5.74) is 5.45. The van der Waals surface area contributed by atoms with Crippen LogP contribution in [0.1, 0.15) is 12.5 Å². The Hall–Kier alpha value is -1.95. The maximum absolute atomic E-state index is 12.7. The maximum atomic E-state index is 12.7. The molecule has 1 aromatic rings. The van der Waals surface area contributed by atoms with E-state index < -0.39 is 0 Å². The summed E-state index contributed by atoms with van der Waals surface area (Å²) >= 11 is 0. The molecule has 98 valence electrons. The highest BCUT2D eigenvalue weighted by Gasteiger charge is 2.10. The molecule has 3 N–H and O–H groups in total. The van der Waals surface area contributed by atoms with E-state index in [9.17, 15) is 14.0 Å². The highest BCUT2D eigenvalue weighted by Crippen LogP contribution is 2.00. The summed E-state index contributed by atoms with van der Waals surface area (Å²) in [5, 5.41) is 0. The molecule has 0 spiro atoms. The number of rotatable bonds is 4. The van der Waals surface area contributed by atoms with Gasteiger partial charge in [0, 0.05) is 12.5 Å². The van der Waals surface area contributed by atoms with Crippen LogP contribution in [0.2, 0.25) is 0 Å². The molecule has 0 heterocycles. The zero-order valence-corrected chi connectivity index (χ0v) is 10.4. The van der Waals surface area contributed by atoms with E-state index in [0.29, 0.717) is 6.54 Å². The molecular weight excluding hydrogens is 237 g/mol. The number of carbonyl (C=O) groups excluding carboxylic acids is 2. The van der Waals surface area contributed by atoms with Crippen molar-refractivity contribution in [1.29, 1.82) is 0 Å². The van der Waals surface area contributed by atoms with Crippen LogP contribution in [0.15, 0.2) is 24.3 Å². The Labute approximate surface area is 105 Å². The first-order chi connectivity index (χ1) is 8.47. The van der Waals surface area contributed by atoms with Crippen molar-refractivity contribution < 1.29 is 18.9 Å². The van der Waals surface area contributed by atoms with Crippen LogP contribution in [-0.4, -0.2) is 25.4 Å². The quantitative estimate of drug-likeness (QED) is 0.604. The van der Waals surface area contributed by atoms with Crippen molar-refractivity contribution in [3.8, 4) is 0 Å². The lowest BCUT2D eigenvalue weighted by Gasteiger charge is -2.13. The Bertz CT molecular complexity index is 420. The van der Waals surface area contributed by atoms with Gasteiger partial charge >= 0.3 is 0 Å². The number of quaternary nitrogens is 1. The molecule has 5 nitrogen and oxygen atoms in total. The van der Waals surface area contributed by atoms with Crippen LogP contribution < -0.4 is 15.8 Å². The largest absolute Gasteiger partial charge is 0.326 e. The number of nitrogens with one attached hydrogen (secondary N) is 3. The second-order valence-electron chi connectivity index (χ2n) is 4.17. The number of halogens is 1. The third-order valence-electron chi connectivity index (χ3n) is 2.26. The van der Waals surface area contributed by atoms with Crippen molar-refractivity contribution >= 4 is 11.8 Å². The van der Waals surface area contributed by atoms with Gasteiger partial charge in [-0.2, -0.15) is 0 Å². The average Bonchev–Trinajstić information content (AvgIpc) is 2.29. The van der Waals surface area contributed by atoms with Gasteiger partial charge in [-0.25, -0.2) is 4.39 Å². The second-order valence-corrected chi connectivity index (χ2v) is 4.17. The van der Waals surface area contributed by atoms with Crippen LogP contribution in [0.25, 0.3) is 0 Å². The topological polar surface area (TPSA) is 62.6 Å². The minimum Gasteiger partial charge on any atom is -0.326 e. The van der Waals surface area contributed by atoms with E-state index in [1.165, 1.54) is 19.1 Å². The van der Waals surface area contributed by atoms with Crippen LogP contribution in [0, 0.1) is 5.82 Å². The maximum Gasteiger partial charge on any atom is 0.293 e. The van der Waals surface area contributed by atoms with Crippen LogP contribution in [0.3, 0.4) is 0 Å². The Morgan fingerprint density at radius 2 is 1.83 bits per heavy atom. The van der Waals surface area contributed by atoms with Crippen molar-refractivity contribution in [2.75, 3.05) is 13.6 Å². The van der Waals surface area contributed by atoms with Crippen molar-refractivity contribution in [3.05, 3.63) is 35.6 Å². The van der Waals surface area contributed by atoms with E-state index in [4.69, 9.17) is 0 Å². The first-order valence-corrected chi connectivity index (χ1v) is 5.58. The molecule has 0 saturated heterocycles. The summed E-state index contributed by atoms with van der Waals surface area (Å²) in [6.07, 6.45) is 0. The third-order valence-corrected chi connectivity index (χ3v) is 2.26. The lowest BCUT2D eigenvalue weighted by Crippen LogP contribution is -3.09. The number of carbonyl (C=O) groups is 2. The van der Waals surface area contributed by atoms with Gasteiger partial charge in [0.25, 0.3) is 5.91 Å². The molecule has 2 amide bonds. The van der Waals surface area contributed by atoms with Gasteiger partial charge in [0.2, 0.25) is 5.91 Å². The molecular formula is C12H17FN3O2+. The Morgan fingerprint density at radius 1 is 1.22 bits per heavy atom. The van der Waals surface area contributed by atoms with Crippen molar-refractivity contribution in [3.63, 3.8) is 0 Å². The molecule has 0 aliphatic carbocycles. The highest BCUT2D eigenvalue weighted by atomic mass is 19.1. The Balaban J connectivity index is 2.36. The van der Waals surface area contributed by atoms with E-state index in [2.05, 4.69) is 10.9 Å². The molecule has 0 aliphatic rings. The zero-order chi connectivity index (χ0) is 13.5. The normalized spacial score (nSPS) is 11.7. The van der Waals surface area contributed by atoms with Gasteiger partial charge in [-0.15, -0.1) is 0 Å². The van der Waals surface area contributed by atoms with E-state index in [1.807, 2.05) is 7.05 Å². The zero-order valence-electron chi connectivity index (χ0n) is 10.4. The standard InChI is InChI=1S/C12H16FN3O2/c1-9(17)14-15-12(18)8-16(2)7-10-3-5-11(13)6-4-10/h3-6H,7-8H2,1-2H3,(H,14,17)(H,15,18)/p+1. The van der Waals surface area contributed by atoms with E-state index in [1.54, 1.807) is 12.1 Å². The SMILES string of the molecule is CC(=O)NNC(=O)C[NH+](C)Cc1ccc(F)cc1. The molecule has 1 unspecified atom stereocenters. The van der Waals surface area contributed by atoms with Crippen LogP contribution >= 0.6 is 0 Å². The molecule has 6 heteroatoms. The molecule has 0 radical (unpaired) electrons. The number of hydrogen-bond acceptors (Lipinski definition) is 2. The molecule has 0 fully saturated rings. The van der Waals surface area contributed by atoms with Gasteiger partial charge in [-0.05, 0) is 12.1 Å². The Morgan fingerprint density at radius 3 is 2.39 bits per heavy atom. The van der Waals surface area contributed by atoms with E-state index in [-0.39, 0.29) is 24.2 Å². The van der Waals surface area contributed by atoms with Crippen LogP contribution in [-0.2, 0) is 16.1 Å². The lowest BCUT2D eigenvalue weighted by atomic mass is 10.2. The third kappa shape index (κ3) is 5.40. The summed E-state index contributed by atoms with van der Waals surface area (Å²) < 4.78 is 12.7. The molecule has 1 rings (SSSR count). The molecule has 1 atom stereocenters. The van der Waals surface area contributed by atoms with Gasteiger partial charge in [0.1, 0.15) is 12.4 Å². The summed E-state index contributed by atoms with van der Waals surface area (Å²) in [6, 6.07) is 6.15. The number of amides is 2. The summed E-state index contributed by atoms with van der Waals surface area (Å²) in [4.78, 5) is 22.9. The number of hydrogen-bond donors (Lipinski definition) is 3. The fourth-order valence-corrected chi connectivity index (χ4v) is 1.49. The predicted molar refractivity (Wildman–Crippen MR) is 63.8 cm³/mol. The first kappa shape index (κ1) is 14.1. The second kappa shape index (κ2) is 6.70. The van der Waals surface area contributed by atoms with Crippen LogP contribution in [0.5, 0.6) is 0 Å². The number of likely N-dealkylation sites (N-methyl/N-ethyl adjacent to an activating group) is 1. The van der Waals surface area contributed by atoms with Crippen molar-refractivity contribution in [1.82, 2.24) is 10.9 Å².